The lowest BCUT2D eigenvalue weighted by molar-refractivity contribution is 0.129. The molecule has 3 heteroatoms. The van der Waals surface area contributed by atoms with Crippen LogP contribution in [0, 0.1) is 5.82 Å². The molecule has 1 fully saturated rings. The molecule has 1 saturated carbocycles. The molecule has 120 valence electrons. The van der Waals surface area contributed by atoms with Gasteiger partial charge in [-0.25, -0.2) is 4.39 Å². The van der Waals surface area contributed by atoms with E-state index in [0.29, 0.717) is 11.5 Å². The van der Waals surface area contributed by atoms with E-state index in [-0.39, 0.29) is 12.4 Å². The summed E-state index contributed by atoms with van der Waals surface area (Å²) in [4.78, 5) is 5.28. The van der Waals surface area contributed by atoms with Crippen molar-refractivity contribution in [2.24, 2.45) is 5.16 Å². The van der Waals surface area contributed by atoms with Gasteiger partial charge in [0, 0.05) is 5.56 Å². The van der Waals surface area contributed by atoms with Crippen molar-refractivity contribution in [1.29, 1.82) is 0 Å². The molecule has 23 heavy (non-hydrogen) atoms. The van der Waals surface area contributed by atoms with Gasteiger partial charge in [-0.3, -0.25) is 0 Å². The standard InChI is InChI=1S/C20H22FNO/c21-20-13-7-5-11-18(20)15-23-22-14-17-10-4-6-12-19(17)16-8-2-1-3-9-16/h4-7,10-14,16H,1-3,8-9,15H2. The predicted octanol–water partition coefficient (Wildman–Crippen LogP) is 5.42. The minimum absolute atomic E-state index is 0.148. The zero-order valence-corrected chi connectivity index (χ0v) is 13.2. The first-order chi connectivity index (χ1) is 11.3. The fourth-order valence-corrected chi connectivity index (χ4v) is 3.23. The highest BCUT2D eigenvalue weighted by atomic mass is 19.1. The molecule has 1 aliphatic carbocycles. The smallest absolute Gasteiger partial charge is 0.145 e. The van der Waals surface area contributed by atoms with Gasteiger partial charge >= 0.3 is 0 Å². The van der Waals surface area contributed by atoms with Crippen LogP contribution < -0.4 is 0 Å². The highest BCUT2D eigenvalue weighted by Crippen LogP contribution is 2.33. The summed E-state index contributed by atoms with van der Waals surface area (Å²) in [6, 6.07) is 15.0. The number of nitrogens with zero attached hydrogens (tertiary/aromatic N) is 1. The summed E-state index contributed by atoms with van der Waals surface area (Å²) in [7, 11) is 0. The summed E-state index contributed by atoms with van der Waals surface area (Å²) < 4.78 is 13.5. The second kappa shape index (κ2) is 7.91. The molecule has 0 spiro atoms. The normalized spacial score (nSPS) is 15.9. The molecule has 0 heterocycles. The van der Waals surface area contributed by atoms with Gasteiger partial charge in [0.25, 0.3) is 0 Å². The van der Waals surface area contributed by atoms with Crippen molar-refractivity contribution < 1.29 is 9.23 Å². The average molecular weight is 311 g/mol. The number of halogens is 1. The van der Waals surface area contributed by atoms with Gasteiger partial charge in [-0.2, -0.15) is 0 Å². The minimum Gasteiger partial charge on any atom is -0.391 e. The molecule has 0 bridgehead atoms. The lowest BCUT2D eigenvalue weighted by Crippen LogP contribution is -2.07. The van der Waals surface area contributed by atoms with Gasteiger partial charge in [0.15, 0.2) is 0 Å². The van der Waals surface area contributed by atoms with Crippen LogP contribution in [0.4, 0.5) is 4.39 Å². The highest BCUT2D eigenvalue weighted by molar-refractivity contribution is 5.81. The Kier molecular flexibility index (Phi) is 5.41. The fraction of sp³-hybridized carbons (Fsp3) is 0.350. The molecular weight excluding hydrogens is 289 g/mol. The van der Waals surface area contributed by atoms with E-state index in [9.17, 15) is 4.39 Å². The van der Waals surface area contributed by atoms with Crippen LogP contribution in [0.3, 0.4) is 0 Å². The number of benzene rings is 2. The van der Waals surface area contributed by atoms with Crippen LogP contribution in [0.2, 0.25) is 0 Å². The third-order valence-electron chi connectivity index (χ3n) is 4.49. The van der Waals surface area contributed by atoms with Crippen LogP contribution in [-0.2, 0) is 11.4 Å². The molecule has 2 nitrogen and oxygen atoms in total. The van der Waals surface area contributed by atoms with E-state index in [2.05, 4.69) is 23.4 Å². The van der Waals surface area contributed by atoms with Gasteiger partial charge in [-0.15, -0.1) is 0 Å². The van der Waals surface area contributed by atoms with Crippen molar-refractivity contribution >= 4 is 6.21 Å². The lowest BCUT2D eigenvalue weighted by atomic mass is 9.82. The summed E-state index contributed by atoms with van der Waals surface area (Å²) in [6.07, 6.45) is 8.21. The Morgan fingerprint density at radius 3 is 2.57 bits per heavy atom. The van der Waals surface area contributed by atoms with Gasteiger partial charge in [-0.05, 0) is 36.0 Å². The van der Waals surface area contributed by atoms with Crippen molar-refractivity contribution in [3.05, 3.63) is 71.0 Å². The number of hydrogen-bond donors (Lipinski definition) is 0. The largest absolute Gasteiger partial charge is 0.391 e. The SMILES string of the molecule is Fc1ccccc1CON=Cc1ccccc1C1CCCCC1. The van der Waals surface area contributed by atoms with Crippen molar-refractivity contribution in [3.63, 3.8) is 0 Å². The fourth-order valence-electron chi connectivity index (χ4n) is 3.23. The quantitative estimate of drug-likeness (QED) is 0.533. The molecule has 2 aromatic carbocycles. The Balaban J connectivity index is 1.64. The summed E-state index contributed by atoms with van der Waals surface area (Å²) in [5.41, 5.74) is 2.98. The van der Waals surface area contributed by atoms with E-state index in [4.69, 9.17) is 4.84 Å². The first-order valence-corrected chi connectivity index (χ1v) is 8.32. The van der Waals surface area contributed by atoms with E-state index in [0.717, 1.165) is 5.56 Å². The van der Waals surface area contributed by atoms with Crippen LogP contribution in [0.15, 0.2) is 53.7 Å². The van der Waals surface area contributed by atoms with Gasteiger partial charge in [0.2, 0.25) is 0 Å². The maximum absolute atomic E-state index is 13.5. The Morgan fingerprint density at radius 2 is 1.74 bits per heavy atom. The van der Waals surface area contributed by atoms with Crippen molar-refractivity contribution in [3.8, 4) is 0 Å². The average Bonchev–Trinajstić information content (AvgIpc) is 2.61. The van der Waals surface area contributed by atoms with Crippen LogP contribution in [0.1, 0.15) is 54.7 Å². The molecule has 0 atom stereocenters. The zero-order chi connectivity index (χ0) is 15.9. The van der Waals surface area contributed by atoms with Gasteiger partial charge < -0.3 is 4.84 Å². The summed E-state index contributed by atoms with van der Waals surface area (Å²) in [5.74, 6) is 0.364. The van der Waals surface area contributed by atoms with E-state index < -0.39 is 0 Å². The minimum atomic E-state index is -0.259. The number of rotatable bonds is 5. The zero-order valence-electron chi connectivity index (χ0n) is 13.2. The summed E-state index contributed by atoms with van der Waals surface area (Å²) >= 11 is 0. The third kappa shape index (κ3) is 4.19. The van der Waals surface area contributed by atoms with E-state index >= 15 is 0 Å². The van der Waals surface area contributed by atoms with E-state index in [1.165, 1.54) is 43.7 Å². The molecule has 0 unspecified atom stereocenters. The Labute approximate surface area is 137 Å². The monoisotopic (exact) mass is 311 g/mol. The van der Waals surface area contributed by atoms with Gasteiger partial charge in [-0.1, -0.05) is 66.9 Å². The Morgan fingerprint density at radius 1 is 1.00 bits per heavy atom. The van der Waals surface area contributed by atoms with E-state index in [1.54, 1.807) is 24.4 Å². The number of oxime groups is 1. The van der Waals surface area contributed by atoms with Crippen LogP contribution in [0.25, 0.3) is 0 Å². The van der Waals surface area contributed by atoms with Crippen LogP contribution in [0.5, 0.6) is 0 Å². The molecule has 0 aromatic heterocycles. The molecule has 0 aliphatic heterocycles. The molecule has 2 aromatic rings. The topological polar surface area (TPSA) is 21.6 Å². The molecule has 0 saturated heterocycles. The van der Waals surface area contributed by atoms with Crippen molar-refractivity contribution in [2.75, 3.05) is 0 Å². The maximum atomic E-state index is 13.5. The third-order valence-corrected chi connectivity index (χ3v) is 4.49. The molecule has 0 radical (unpaired) electrons. The lowest BCUT2D eigenvalue weighted by Gasteiger charge is -2.23. The summed E-state index contributed by atoms with van der Waals surface area (Å²) in [5, 5.41) is 4.04. The number of hydrogen-bond acceptors (Lipinski definition) is 2. The van der Waals surface area contributed by atoms with Gasteiger partial charge in [0.1, 0.15) is 12.4 Å². The first kappa shape index (κ1) is 15.7. The summed E-state index contributed by atoms with van der Waals surface area (Å²) in [6.45, 7) is 0.148. The highest BCUT2D eigenvalue weighted by Gasteiger charge is 2.17. The Hall–Kier alpha value is -2.16. The molecule has 0 amide bonds. The van der Waals surface area contributed by atoms with Crippen LogP contribution >= 0.6 is 0 Å². The Bertz CT molecular complexity index is 662. The molecular formula is C20H22FNO. The maximum Gasteiger partial charge on any atom is 0.145 e. The molecule has 0 N–H and O–H groups in total. The second-order valence-electron chi connectivity index (χ2n) is 6.06. The molecule has 3 rings (SSSR count). The van der Waals surface area contributed by atoms with Gasteiger partial charge in [0.05, 0.1) is 6.21 Å². The second-order valence-corrected chi connectivity index (χ2v) is 6.06. The van der Waals surface area contributed by atoms with Crippen molar-refractivity contribution in [2.45, 2.75) is 44.6 Å². The first-order valence-electron chi connectivity index (χ1n) is 8.32. The van der Waals surface area contributed by atoms with E-state index in [1.807, 2.05) is 6.07 Å². The van der Waals surface area contributed by atoms with Crippen LogP contribution in [-0.4, -0.2) is 6.21 Å². The molecule has 1 aliphatic rings. The van der Waals surface area contributed by atoms with Crippen molar-refractivity contribution in [1.82, 2.24) is 0 Å². The predicted molar refractivity (Wildman–Crippen MR) is 91.1 cm³/mol.